The molecular weight excluding hydrogens is 484 g/mol. The minimum absolute atomic E-state index is 0.586. The third-order valence-electron chi connectivity index (χ3n) is 5.08. The van der Waals surface area contributed by atoms with Crippen molar-refractivity contribution >= 4 is 38.6 Å². The Morgan fingerprint density at radius 3 is 2.15 bits per heavy atom. The molecule has 0 atom stereocenters. The number of rotatable bonds is 5. The van der Waals surface area contributed by atoms with E-state index in [1.54, 1.807) is 18.9 Å². The predicted molar refractivity (Wildman–Crippen MR) is 127 cm³/mol. The molecule has 0 fully saturated rings. The van der Waals surface area contributed by atoms with Crippen LogP contribution in [0.25, 0.3) is 39.6 Å². The van der Waals surface area contributed by atoms with Gasteiger partial charge in [-0.25, -0.2) is 9.97 Å². The normalized spacial score (nSPS) is 11.2. The highest BCUT2D eigenvalue weighted by molar-refractivity contribution is 9.10. The fraction of sp³-hybridized carbons (Fsp3) is 0. The van der Waals surface area contributed by atoms with Crippen LogP contribution >= 0.6 is 15.9 Å². The van der Waals surface area contributed by atoms with Gasteiger partial charge in [0, 0.05) is 10.2 Å². The summed E-state index contributed by atoms with van der Waals surface area (Å²) in [7, 11) is 0. The second-order valence-corrected chi connectivity index (χ2v) is 8.12. The average molecular weight is 499 g/mol. The molecule has 0 amide bonds. The number of hydrogen-bond donors (Lipinski definition) is 1. The first-order valence-electron chi connectivity index (χ1n) is 10.1. The van der Waals surface area contributed by atoms with Crippen molar-refractivity contribution in [3.8, 4) is 28.6 Å². The summed E-state index contributed by atoms with van der Waals surface area (Å²) in [5, 5.41) is 11.6. The summed E-state index contributed by atoms with van der Waals surface area (Å²) < 4.78 is 14.1. The zero-order chi connectivity index (χ0) is 22.2. The van der Waals surface area contributed by atoms with Crippen LogP contribution in [0.2, 0.25) is 0 Å². The maximum Gasteiger partial charge on any atom is 0.233 e. The van der Waals surface area contributed by atoms with Gasteiger partial charge in [0.25, 0.3) is 0 Å². The first-order valence-corrected chi connectivity index (χ1v) is 10.9. The van der Waals surface area contributed by atoms with Crippen molar-refractivity contribution in [1.82, 2.24) is 24.7 Å². The fourth-order valence-electron chi connectivity index (χ4n) is 3.53. The van der Waals surface area contributed by atoms with Gasteiger partial charge in [-0.1, -0.05) is 15.9 Å². The van der Waals surface area contributed by atoms with Gasteiger partial charge < -0.3 is 14.2 Å². The Kier molecular flexibility index (Phi) is 4.73. The Morgan fingerprint density at radius 2 is 1.48 bits per heavy atom. The second kappa shape index (κ2) is 8.03. The van der Waals surface area contributed by atoms with E-state index >= 15 is 0 Å². The van der Waals surface area contributed by atoms with Crippen LogP contribution in [0.4, 0.5) is 11.6 Å². The van der Waals surface area contributed by atoms with Crippen molar-refractivity contribution in [2.45, 2.75) is 0 Å². The molecule has 0 aliphatic rings. The molecule has 8 nitrogen and oxygen atoms in total. The highest BCUT2D eigenvalue weighted by atomic mass is 79.9. The number of halogens is 1. The molecule has 0 saturated heterocycles. The van der Waals surface area contributed by atoms with Gasteiger partial charge in [-0.15, -0.1) is 10.2 Å². The molecule has 0 spiro atoms. The summed E-state index contributed by atoms with van der Waals surface area (Å²) >= 11 is 3.45. The van der Waals surface area contributed by atoms with Gasteiger partial charge in [-0.2, -0.15) is 0 Å². The highest BCUT2D eigenvalue weighted by Crippen LogP contribution is 2.32. The van der Waals surface area contributed by atoms with E-state index in [2.05, 4.69) is 31.4 Å². The topological polar surface area (TPSA) is 94.8 Å². The lowest BCUT2D eigenvalue weighted by atomic mass is 10.1. The van der Waals surface area contributed by atoms with Crippen molar-refractivity contribution in [3.63, 3.8) is 0 Å². The lowest BCUT2D eigenvalue weighted by Gasteiger charge is -2.11. The number of anilines is 2. The zero-order valence-corrected chi connectivity index (χ0v) is 18.6. The Bertz CT molecular complexity index is 1540. The molecule has 0 unspecified atom stereocenters. The van der Waals surface area contributed by atoms with Crippen LogP contribution in [0, 0.1) is 0 Å². The van der Waals surface area contributed by atoms with Crippen LogP contribution in [0.5, 0.6) is 0 Å². The van der Waals surface area contributed by atoms with Gasteiger partial charge in [0.15, 0.2) is 11.5 Å². The van der Waals surface area contributed by atoms with Gasteiger partial charge in [0.1, 0.15) is 17.7 Å². The molecule has 6 aromatic rings. The Hall–Kier alpha value is -4.24. The quantitative estimate of drug-likeness (QED) is 0.300. The fourth-order valence-corrected chi connectivity index (χ4v) is 3.80. The molecule has 6 rings (SSSR count). The van der Waals surface area contributed by atoms with Crippen LogP contribution < -0.4 is 5.32 Å². The number of aromatic nitrogens is 5. The maximum absolute atomic E-state index is 5.62. The summed E-state index contributed by atoms with van der Waals surface area (Å²) in [6, 6.07) is 21.0. The van der Waals surface area contributed by atoms with Gasteiger partial charge in [0.05, 0.1) is 29.2 Å². The highest BCUT2D eigenvalue weighted by Gasteiger charge is 2.18. The van der Waals surface area contributed by atoms with Crippen LogP contribution in [0.15, 0.2) is 98.9 Å². The number of fused-ring (bicyclic) bond motifs is 1. The van der Waals surface area contributed by atoms with E-state index < -0.39 is 0 Å². The predicted octanol–water partition coefficient (Wildman–Crippen LogP) is 6.24. The number of furan rings is 2. The van der Waals surface area contributed by atoms with Gasteiger partial charge in [-0.05, 0) is 66.7 Å². The van der Waals surface area contributed by atoms with Gasteiger partial charge >= 0.3 is 0 Å². The average Bonchev–Trinajstić information content (AvgIpc) is 3.62. The van der Waals surface area contributed by atoms with Crippen molar-refractivity contribution in [2.24, 2.45) is 0 Å². The molecular formula is C24H15BrN6O2. The van der Waals surface area contributed by atoms with Crippen molar-refractivity contribution < 1.29 is 8.83 Å². The summed E-state index contributed by atoms with van der Waals surface area (Å²) in [5.41, 5.74) is 4.41. The standard InChI is InChI=1S/C24H15BrN6O2/c25-15-5-7-16(8-6-15)27-24-30-26-14-31(24)17-9-10-18-19(13-17)29-23(21-4-2-12-33-21)22(28-18)20-3-1-11-32-20/h1-14H,(H,27,30). The Labute approximate surface area is 196 Å². The monoisotopic (exact) mass is 498 g/mol. The van der Waals surface area contributed by atoms with Gasteiger partial charge in [-0.3, -0.25) is 4.57 Å². The summed E-state index contributed by atoms with van der Waals surface area (Å²) in [6.45, 7) is 0. The molecule has 2 aromatic carbocycles. The minimum Gasteiger partial charge on any atom is -0.463 e. The molecule has 0 saturated carbocycles. The molecule has 9 heteroatoms. The third-order valence-corrected chi connectivity index (χ3v) is 5.61. The van der Waals surface area contributed by atoms with Crippen molar-refractivity contribution in [3.05, 3.63) is 90.1 Å². The summed E-state index contributed by atoms with van der Waals surface area (Å²) in [6.07, 6.45) is 4.88. The molecule has 0 bridgehead atoms. The van der Waals surface area contributed by atoms with E-state index in [9.17, 15) is 0 Å². The lowest BCUT2D eigenvalue weighted by molar-refractivity contribution is 0.572. The third kappa shape index (κ3) is 3.68. The zero-order valence-electron chi connectivity index (χ0n) is 17.0. The second-order valence-electron chi connectivity index (χ2n) is 7.20. The summed E-state index contributed by atoms with van der Waals surface area (Å²) in [4.78, 5) is 9.69. The smallest absolute Gasteiger partial charge is 0.233 e. The van der Waals surface area contributed by atoms with Crippen molar-refractivity contribution in [2.75, 3.05) is 5.32 Å². The first kappa shape index (κ1) is 19.4. The largest absolute Gasteiger partial charge is 0.463 e. The van der Waals surface area contributed by atoms with Crippen LogP contribution in [0.1, 0.15) is 0 Å². The van der Waals surface area contributed by atoms with E-state index in [0.717, 1.165) is 21.4 Å². The molecule has 4 heterocycles. The number of nitrogens with zero attached hydrogens (tertiary/aromatic N) is 5. The first-order chi connectivity index (χ1) is 16.2. The van der Waals surface area contributed by atoms with E-state index in [4.69, 9.17) is 18.8 Å². The Morgan fingerprint density at radius 1 is 0.788 bits per heavy atom. The molecule has 0 aliphatic heterocycles. The van der Waals surface area contributed by atoms with Crippen LogP contribution in [0.3, 0.4) is 0 Å². The van der Waals surface area contributed by atoms with Crippen LogP contribution in [-0.4, -0.2) is 24.7 Å². The van der Waals surface area contributed by atoms with E-state index in [0.29, 0.717) is 34.4 Å². The number of benzene rings is 2. The molecule has 1 N–H and O–H groups in total. The van der Waals surface area contributed by atoms with E-state index in [-0.39, 0.29) is 0 Å². The van der Waals surface area contributed by atoms with Crippen LogP contribution in [-0.2, 0) is 0 Å². The van der Waals surface area contributed by atoms with Gasteiger partial charge in [0.2, 0.25) is 5.95 Å². The summed E-state index contributed by atoms with van der Waals surface area (Å²) in [5.74, 6) is 1.82. The van der Waals surface area contributed by atoms with E-state index in [1.807, 2.05) is 71.3 Å². The number of hydrogen-bond acceptors (Lipinski definition) is 7. The molecule has 4 aromatic heterocycles. The molecule has 33 heavy (non-hydrogen) atoms. The lowest BCUT2D eigenvalue weighted by Crippen LogP contribution is -2.02. The molecule has 0 radical (unpaired) electrons. The molecule has 0 aliphatic carbocycles. The number of nitrogens with one attached hydrogen (secondary N) is 1. The minimum atomic E-state index is 0.586. The maximum atomic E-state index is 5.62. The SMILES string of the molecule is Brc1ccc(Nc2nncn2-c2ccc3nc(-c4ccco4)c(-c4ccco4)nc3c2)cc1. The Balaban J connectivity index is 1.44. The van der Waals surface area contributed by atoms with E-state index in [1.165, 1.54) is 0 Å². The molecule has 160 valence electrons. The van der Waals surface area contributed by atoms with Crippen molar-refractivity contribution in [1.29, 1.82) is 0 Å².